The van der Waals surface area contributed by atoms with Crippen LogP contribution in [0.25, 0.3) is 0 Å². The lowest BCUT2D eigenvalue weighted by Crippen LogP contribution is -2.46. The SMILES string of the molecule is CC1CC2(CS1)NCCCS2. The van der Waals surface area contributed by atoms with Crippen LogP contribution in [0.15, 0.2) is 0 Å². The Morgan fingerprint density at radius 2 is 2.45 bits per heavy atom. The fraction of sp³-hybridized carbons (Fsp3) is 1.00. The largest absolute Gasteiger partial charge is 0.302 e. The zero-order valence-corrected chi connectivity index (χ0v) is 8.56. The second-order valence-corrected chi connectivity index (χ2v) is 6.35. The molecule has 2 heterocycles. The molecule has 11 heavy (non-hydrogen) atoms. The Hall–Kier alpha value is 0.660. The highest BCUT2D eigenvalue weighted by atomic mass is 32.2. The zero-order chi connectivity index (χ0) is 7.73. The molecule has 0 bridgehead atoms. The summed E-state index contributed by atoms with van der Waals surface area (Å²) in [6, 6.07) is 0. The molecule has 1 N–H and O–H groups in total. The Balaban J connectivity index is 1.98. The maximum absolute atomic E-state index is 3.67. The standard InChI is InChI=1S/C8H15NS2/c1-7-5-8(6-10-7)9-3-2-4-11-8/h7,9H,2-6H2,1H3. The van der Waals surface area contributed by atoms with Gasteiger partial charge in [-0.2, -0.15) is 11.8 Å². The van der Waals surface area contributed by atoms with Gasteiger partial charge in [0, 0.05) is 11.0 Å². The second-order valence-electron chi connectivity index (χ2n) is 3.45. The third-order valence-electron chi connectivity index (χ3n) is 2.36. The van der Waals surface area contributed by atoms with Crippen molar-refractivity contribution in [3.8, 4) is 0 Å². The van der Waals surface area contributed by atoms with Crippen molar-refractivity contribution in [3.63, 3.8) is 0 Å². The maximum Gasteiger partial charge on any atom is 0.0747 e. The summed E-state index contributed by atoms with van der Waals surface area (Å²) >= 11 is 4.26. The molecule has 0 radical (unpaired) electrons. The van der Waals surface area contributed by atoms with E-state index in [9.17, 15) is 0 Å². The summed E-state index contributed by atoms with van der Waals surface area (Å²) in [5.41, 5.74) is 0. The molecule has 2 aliphatic heterocycles. The van der Waals surface area contributed by atoms with Crippen molar-refractivity contribution in [2.45, 2.75) is 29.9 Å². The molecule has 1 nitrogen and oxygen atoms in total. The molecule has 0 aliphatic carbocycles. The van der Waals surface area contributed by atoms with E-state index in [1.165, 1.54) is 30.9 Å². The molecule has 0 amide bonds. The molecule has 0 aromatic rings. The minimum atomic E-state index is 0.475. The monoisotopic (exact) mass is 189 g/mol. The maximum atomic E-state index is 3.67. The molecule has 2 saturated heterocycles. The van der Waals surface area contributed by atoms with Crippen LogP contribution < -0.4 is 5.32 Å². The highest BCUT2D eigenvalue weighted by Crippen LogP contribution is 2.43. The lowest BCUT2D eigenvalue weighted by molar-refractivity contribution is 0.479. The Kier molecular flexibility index (Phi) is 2.40. The molecule has 1 spiro atoms. The summed E-state index contributed by atoms with van der Waals surface area (Å²) in [5, 5.41) is 4.54. The first-order valence-electron chi connectivity index (χ1n) is 4.31. The number of hydrogen-bond donors (Lipinski definition) is 1. The van der Waals surface area contributed by atoms with Crippen molar-refractivity contribution in [1.29, 1.82) is 0 Å². The van der Waals surface area contributed by atoms with Crippen molar-refractivity contribution >= 4 is 23.5 Å². The van der Waals surface area contributed by atoms with Gasteiger partial charge in [0.1, 0.15) is 0 Å². The van der Waals surface area contributed by atoms with Crippen molar-refractivity contribution in [2.24, 2.45) is 0 Å². The zero-order valence-electron chi connectivity index (χ0n) is 6.93. The average Bonchev–Trinajstić information content (AvgIpc) is 2.34. The van der Waals surface area contributed by atoms with Crippen molar-refractivity contribution in [3.05, 3.63) is 0 Å². The number of thioether (sulfide) groups is 2. The van der Waals surface area contributed by atoms with Crippen LogP contribution in [0, 0.1) is 0 Å². The minimum absolute atomic E-state index is 0.475. The topological polar surface area (TPSA) is 12.0 Å². The van der Waals surface area contributed by atoms with Crippen molar-refractivity contribution in [1.82, 2.24) is 5.32 Å². The van der Waals surface area contributed by atoms with E-state index in [1.54, 1.807) is 0 Å². The molecular weight excluding hydrogens is 174 g/mol. The van der Waals surface area contributed by atoms with Crippen LogP contribution in [0.4, 0.5) is 0 Å². The minimum Gasteiger partial charge on any atom is -0.302 e. The van der Waals surface area contributed by atoms with E-state index in [0.29, 0.717) is 4.87 Å². The number of hydrogen-bond acceptors (Lipinski definition) is 3. The third-order valence-corrected chi connectivity index (χ3v) is 5.44. The predicted molar refractivity (Wildman–Crippen MR) is 54.3 cm³/mol. The van der Waals surface area contributed by atoms with Crippen LogP contribution in [0.3, 0.4) is 0 Å². The average molecular weight is 189 g/mol. The first kappa shape index (κ1) is 8.27. The van der Waals surface area contributed by atoms with Gasteiger partial charge in [-0.15, -0.1) is 11.8 Å². The van der Waals surface area contributed by atoms with Gasteiger partial charge in [-0.3, -0.25) is 0 Å². The highest BCUT2D eigenvalue weighted by molar-refractivity contribution is 8.05. The number of nitrogens with one attached hydrogen (secondary N) is 1. The lowest BCUT2D eigenvalue weighted by Gasteiger charge is -2.33. The summed E-state index contributed by atoms with van der Waals surface area (Å²) in [7, 11) is 0. The molecule has 64 valence electrons. The Labute approximate surface area is 77.1 Å². The fourth-order valence-electron chi connectivity index (χ4n) is 1.79. The van der Waals surface area contributed by atoms with E-state index in [4.69, 9.17) is 0 Å². The Bertz CT molecular complexity index is 138. The van der Waals surface area contributed by atoms with Crippen LogP contribution in [-0.2, 0) is 0 Å². The van der Waals surface area contributed by atoms with Crippen LogP contribution in [0.5, 0.6) is 0 Å². The van der Waals surface area contributed by atoms with Crippen molar-refractivity contribution in [2.75, 3.05) is 18.1 Å². The van der Waals surface area contributed by atoms with Gasteiger partial charge in [-0.25, -0.2) is 0 Å². The van der Waals surface area contributed by atoms with Gasteiger partial charge in [-0.1, -0.05) is 6.92 Å². The van der Waals surface area contributed by atoms with Crippen LogP contribution in [0.1, 0.15) is 19.8 Å². The van der Waals surface area contributed by atoms with Gasteiger partial charge >= 0.3 is 0 Å². The van der Waals surface area contributed by atoms with Gasteiger partial charge < -0.3 is 5.32 Å². The van der Waals surface area contributed by atoms with E-state index >= 15 is 0 Å². The molecule has 2 unspecified atom stereocenters. The molecule has 0 aromatic carbocycles. The molecule has 0 aromatic heterocycles. The molecule has 2 fully saturated rings. The summed E-state index contributed by atoms with van der Waals surface area (Å²) in [4.78, 5) is 0.475. The highest BCUT2D eigenvalue weighted by Gasteiger charge is 2.39. The molecule has 2 aliphatic rings. The van der Waals surface area contributed by atoms with E-state index < -0.39 is 0 Å². The van der Waals surface area contributed by atoms with Crippen LogP contribution in [-0.4, -0.2) is 28.2 Å². The van der Waals surface area contributed by atoms with E-state index in [0.717, 1.165) is 5.25 Å². The normalized spacial score (nSPS) is 45.0. The van der Waals surface area contributed by atoms with Gasteiger partial charge in [0.25, 0.3) is 0 Å². The summed E-state index contributed by atoms with van der Waals surface area (Å²) in [6.07, 6.45) is 2.72. The summed E-state index contributed by atoms with van der Waals surface area (Å²) in [5.74, 6) is 2.68. The summed E-state index contributed by atoms with van der Waals surface area (Å²) in [6.45, 7) is 3.58. The Morgan fingerprint density at radius 1 is 1.55 bits per heavy atom. The summed E-state index contributed by atoms with van der Waals surface area (Å²) < 4.78 is 0. The molecular formula is C8H15NS2. The van der Waals surface area contributed by atoms with E-state index in [-0.39, 0.29) is 0 Å². The van der Waals surface area contributed by atoms with Crippen LogP contribution >= 0.6 is 23.5 Å². The van der Waals surface area contributed by atoms with E-state index in [2.05, 4.69) is 35.8 Å². The lowest BCUT2D eigenvalue weighted by atomic mass is 10.2. The van der Waals surface area contributed by atoms with E-state index in [1.807, 2.05) is 0 Å². The molecule has 2 atom stereocenters. The van der Waals surface area contributed by atoms with Crippen molar-refractivity contribution < 1.29 is 0 Å². The Morgan fingerprint density at radius 3 is 3.00 bits per heavy atom. The fourth-order valence-corrected chi connectivity index (χ4v) is 4.86. The van der Waals surface area contributed by atoms with Crippen LogP contribution in [0.2, 0.25) is 0 Å². The predicted octanol–water partition coefficient (Wildman–Crippen LogP) is 1.93. The first-order chi connectivity index (χ1) is 5.31. The second kappa shape index (κ2) is 3.19. The molecule has 0 saturated carbocycles. The van der Waals surface area contributed by atoms with Gasteiger partial charge in [-0.05, 0) is 25.1 Å². The molecule has 2 rings (SSSR count). The smallest absolute Gasteiger partial charge is 0.0747 e. The van der Waals surface area contributed by atoms with Gasteiger partial charge in [0.15, 0.2) is 0 Å². The quantitative estimate of drug-likeness (QED) is 0.625. The molecule has 3 heteroatoms. The van der Waals surface area contributed by atoms with Gasteiger partial charge in [0.05, 0.1) is 4.87 Å². The number of rotatable bonds is 0. The third kappa shape index (κ3) is 1.70. The van der Waals surface area contributed by atoms with Gasteiger partial charge in [0.2, 0.25) is 0 Å². The first-order valence-corrected chi connectivity index (χ1v) is 6.35.